The van der Waals surface area contributed by atoms with E-state index in [-0.39, 0.29) is 18.0 Å². The normalized spacial score (nSPS) is 13.7. The quantitative estimate of drug-likeness (QED) is 0.386. The zero-order valence-corrected chi connectivity index (χ0v) is 20.2. The van der Waals surface area contributed by atoms with Gasteiger partial charge in [-0.15, -0.1) is 0 Å². The molecule has 7 nitrogen and oxygen atoms in total. The van der Waals surface area contributed by atoms with Crippen LogP contribution in [0.4, 0.5) is 21.9 Å². The van der Waals surface area contributed by atoms with Crippen LogP contribution in [0.25, 0.3) is 0 Å². The van der Waals surface area contributed by atoms with Crippen LogP contribution in [0, 0.1) is 0 Å². The molecule has 7 heteroatoms. The lowest BCUT2D eigenvalue weighted by molar-refractivity contribution is 0.0940. The summed E-state index contributed by atoms with van der Waals surface area (Å²) in [7, 11) is 0. The van der Waals surface area contributed by atoms with Gasteiger partial charge in [-0.1, -0.05) is 30.3 Å². The zero-order valence-electron chi connectivity index (χ0n) is 20.2. The first-order valence-electron chi connectivity index (χ1n) is 12.1. The summed E-state index contributed by atoms with van der Waals surface area (Å²) >= 11 is 0. The number of rotatable bonds is 8. The standard InChI is InChI=1S/C28H32N4O3/c1-3-35-24-14-11-22(12-15-24)30-28(34)31-23-13-16-26(32-17-7-8-18-32)25(19-23)27(33)29-20(2)21-9-5-4-6-10-21/h4-6,9-16,19-20H,3,7-8,17-18H2,1-2H3,(H,29,33)(H2,30,31,34). The number of ether oxygens (including phenoxy) is 1. The lowest BCUT2D eigenvalue weighted by atomic mass is 10.1. The van der Waals surface area contributed by atoms with Gasteiger partial charge in [0.05, 0.1) is 18.2 Å². The van der Waals surface area contributed by atoms with Crippen LogP contribution in [0.1, 0.15) is 48.7 Å². The van der Waals surface area contributed by atoms with Gasteiger partial charge in [-0.25, -0.2) is 4.79 Å². The van der Waals surface area contributed by atoms with Gasteiger partial charge in [0.1, 0.15) is 5.75 Å². The number of anilines is 3. The summed E-state index contributed by atoms with van der Waals surface area (Å²) in [6.45, 7) is 6.31. The van der Waals surface area contributed by atoms with Crippen molar-refractivity contribution in [2.45, 2.75) is 32.7 Å². The van der Waals surface area contributed by atoms with Gasteiger partial charge in [-0.2, -0.15) is 0 Å². The Morgan fingerprint density at radius 1 is 0.914 bits per heavy atom. The fraction of sp³-hybridized carbons (Fsp3) is 0.286. The van der Waals surface area contributed by atoms with E-state index in [1.165, 1.54) is 0 Å². The van der Waals surface area contributed by atoms with Crippen LogP contribution in [0.3, 0.4) is 0 Å². The smallest absolute Gasteiger partial charge is 0.323 e. The number of urea groups is 1. The van der Waals surface area contributed by atoms with Gasteiger partial charge in [0.25, 0.3) is 5.91 Å². The number of amides is 3. The number of nitrogens with zero attached hydrogens (tertiary/aromatic N) is 1. The summed E-state index contributed by atoms with van der Waals surface area (Å²) in [6.07, 6.45) is 2.21. The molecule has 1 unspecified atom stereocenters. The summed E-state index contributed by atoms with van der Waals surface area (Å²) in [5.41, 5.74) is 3.67. The molecule has 0 radical (unpaired) electrons. The zero-order chi connectivity index (χ0) is 24.6. The third-order valence-electron chi connectivity index (χ3n) is 6.02. The highest BCUT2D eigenvalue weighted by atomic mass is 16.5. The van der Waals surface area contributed by atoms with Gasteiger partial charge in [0, 0.05) is 30.2 Å². The predicted molar refractivity (Wildman–Crippen MR) is 140 cm³/mol. The number of carbonyl (C=O) groups is 2. The summed E-state index contributed by atoms with van der Waals surface area (Å²) in [5, 5.41) is 8.77. The number of benzene rings is 3. The minimum absolute atomic E-state index is 0.144. The molecule has 3 amide bonds. The lowest BCUT2D eigenvalue weighted by Crippen LogP contribution is -2.30. The van der Waals surface area contributed by atoms with E-state index in [9.17, 15) is 9.59 Å². The Morgan fingerprint density at radius 2 is 1.57 bits per heavy atom. The summed E-state index contributed by atoms with van der Waals surface area (Å²) in [5.74, 6) is 0.579. The molecule has 0 bridgehead atoms. The highest BCUT2D eigenvalue weighted by molar-refractivity contribution is 6.04. The van der Waals surface area contributed by atoms with Crippen molar-refractivity contribution in [1.29, 1.82) is 0 Å². The van der Waals surface area contributed by atoms with Crippen LogP contribution >= 0.6 is 0 Å². The maximum absolute atomic E-state index is 13.3. The van der Waals surface area contributed by atoms with Gasteiger partial charge in [-0.3, -0.25) is 4.79 Å². The van der Waals surface area contributed by atoms with Crippen molar-refractivity contribution >= 4 is 29.0 Å². The van der Waals surface area contributed by atoms with E-state index in [4.69, 9.17) is 4.74 Å². The van der Waals surface area contributed by atoms with Crippen molar-refractivity contribution < 1.29 is 14.3 Å². The van der Waals surface area contributed by atoms with Crippen molar-refractivity contribution in [1.82, 2.24) is 5.32 Å². The molecular formula is C28H32N4O3. The average Bonchev–Trinajstić information content (AvgIpc) is 3.41. The van der Waals surface area contributed by atoms with E-state index >= 15 is 0 Å². The predicted octanol–water partition coefficient (Wildman–Crippen LogP) is 5.82. The van der Waals surface area contributed by atoms with E-state index < -0.39 is 0 Å². The molecule has 1 heterocycles. The molecule has 3 N–H and O–H groups in total. The topological polar surface area (TPSA) is 82.7 Å². The van der Waals surface area contributed by atoms with Crippen LogP contribution in [-0.4, -0.2) is 31.6 Å². The number of nitrogens with one attached hydrogen (secondary N) is 3. The molecule has 3 aromatic carbocycles. The molecule has 1 fully saturated rings. The molecule has 35 heavy (non-hydrogen) atoms. The first-order valence-corrected chi connectivity index (χ1v) is 12.1. The SMILES string of the molecule is CCOc1ccc(NC(=O)Nc2ccc(N3CCCC3)c(C(=O)NC(C)c3ccccc3)c2)cc1. The molecule has 0 saturated carbocycles. The Labute approximate surface area is 206 Å². The monoisotopic (exact) mass is 472 g/mol. The van der Waals surface area contributed by atoms with Gasteiger partial charge in [0.2, 0.25) is 0 Å². The van der Waals surface area contributed by atoms with Gasteiger partial charge in [-0.05, 0) is 74.7 Å². The molecule has 0 aromatic heterocycles. The van der Waals surface area contributed by atoms with Crippen molar-refractivity contribution in [3.8, 4) is 5.75 Å². The third kappa shape index (κ3) is 6.32. The molecule has 0 spiro atoms. The Kier molecular flexibility index (Phi) is 7.88. The summed E-state index contributed by atoms with van der Waals surface area (Å²) < 4.78 is 5.44. The maximum atomic E-state index is 13.3. The van der Waals surface area contributed by atoms with Gasteiger partial charge >= 0.3 is 6.03 Å². The Hall–Kier alpha value is -4.00. The van der Waals surface area contributed by atoms with Crippen molar-refractivity contribution in [2.75, 3.05) is 35.2 Å². The molecular weight excluding hydrogens is 440 g/mol. The van der Waals surface area contributed by atoms with E-state index in [1.54, 1.807) is 30.3 Å². The average molecular weight is 473 g/mol. The molecule has 1 aliphatic rings. The fourth-order valence-corrected chi connectivity index (χ4v) is 4.22. The van der Waals surface area contributed by atoms with Crippen molar-refractivity contribution in [2.24, 2.45) is 0 Å². The van der Waals surface area contributed by atoms with Crippen molar-refractivity contribution in [3.05, 3.63) is 83.9 Å². The molecule has 1 atom stereocenters. The lowest BCUT2D eigenvalue weighted by Gasteiger charge is -2.23. The minimum Gasteiger partial charge on any atom is -0.494 e. The van der Waals surface area contributed by atoms with E-state index in [0.717, 1.165) is 42.9 Å². The van der Waals surface area contributed by atoms with E-state index in [1.807, 2.05) is 56.3 Å². The Morgan fingerprint density at radius 3 is 2.26 bits per heavy atom. The summed E-state index contributed by atoms with van der Waals surface area (Å²) in [6, 6.07) is 22.0. The molecule has 182 valence electrons. The van der Waals surface area contributed by atoms with E-state index in [2.05, 4.69) is 20.9 Å². The molecule has 4 rings (SSSR count). The maximum Gasteiger partial charge on any atom is 0.323 e. The highest BCUT2D eigenvalue weighted by Gasteiger charge is 2.22. The third-order valence-corrected chi connectivity index (χ3v) is 6.02. The second-order valence-electron chi connectivity index (χ2n) is 8.57. The first-order chi connectivity index (χ1) is 17.0. The van der Waals surface area contributed by atoms with Crippen molar-refractivity contribution in [3.63, 3.8) is 0 Å². The highest BCUT2D eigenvalue weighted by Crippen LogP contribution is 2.28. The first kappa shape index (κ1) is 24.1. The number of hydrogen-bond donors (Lipinski definition) is 3. The van der Waals surface area contributed by atoms with Crippen LogP contribution < -0.4 is 25.6 Å². The van der Waals surface area contributed by atoms with Crippen LogP contribution in [-0.2, 0) is 0 Å². The van der Waals surface area contributed by atoms with Gasteiger partial charge < -0.3 is 25.6 Å². The van der Waals surface area contributed by atoms with Crippen LogP contribution in [0.2, 0.25) is 0 Å². The molecule has 0 aliphatic carbocycles. The molecule has 1 aliphatic heterocycles. The number of carbonyl (C=O) groups excluding carboxylic acids is 2. The Bertz CT molecular complexity index is 1140. The minimum atomic E-state index is -0.382. The largest absolute Gasteiger partial charge is 0.494 e. The number of hydrogen-bond acceptors (Lipinski definition) is 4. The van der Waals surface area contributed by atoms with Gasteiger partial charge in [0.15, 0.2) is 0 Å². The van der Waals surface area contributed by atoms with Crippen LogP contribution in [0.5, 0.6) is 5.75 Å². The second kappa shape index (κ2) is 11.4. The Balaban J connectivity index is 1.49. The second-order valence-corrected chi connectivity index (χ2v) is 8.57. The van der Waals surface area contributed by atoms with Crippen LogP contribution in [0.15, 0.2) is 72.8 Å². The molecule has 3 aromatic rings. The fourth-order valence-electron chi connectivity index (χ4n) is 4.22. The molecule has 1 saturated heterocycles. The van der Waals surface area contributed by atoms with E-state index in [0.29, 0.717) is 23.5 Å². The summed E-state index contributed by atoms with van der Waals surface area (Å²) in [4.78, 5) is 28.2.